The molecule has 7 heteroatoms. The van der Waals surface area contributed by atoms with Gasteiger partial charge in [0.15, 0.2) is 0 Å². The van der Waals surface area contributed by atoms with Crippen LogP contribution in [0.25, 0.3) is 11.3 Å². The molecule has 0 N–H and O–H groups in total. The largest absolute Gasteiger partial charge is 0.464 e. The minimum absolute atomic E-state index is 0.00618. The highest BCUT2D eigenvalue weighted by Gasteiger charge is 2.20. The van der Waals surface area contributed by atoms with E-state index in [0.29, 0.717) is 0 Å². The van der Waals surface area contributed by atoms with Gasteiger partial charge in [0.05, 0.1) is 19.3 Å². The van der Waals surface area contributed by atoms with Crippen LogP contribution < -0.4 is 0 Å². The Bertz CT molecular complexity index is 696. The highest BCUT2D eigenvalue weighted by molar-refractivity contribution is 5.87. The van der Waals surface area contributed by atoms with Crippen molar-refractivity contribution in [2.75, 3.05) is 14.2 Å². The first kappa shape index (κ1) is 16.0. The molecule has 0 aliphatic heterocycles. The number of hydrogen-bond donors (Lipinski definition) is 0. The predicted octanol–water partition coefficient (Wildman–Crippen LogP) is 3.10. The zero-order valence-electron chi connectivity index (χ0n) is 11.8. The summed E-state index contributed by atoms with van der Waals surface area (Å²) in [6.07, 6.45) is 0. The SMILES string of the molecule is COCc1cc(F)c(-c2nc(C(=O)OC)ccc2F)c(F)c1. The Morgan fingerprint density at radius 1 is 1.09 bits per heavy atom. The van der Waals surface area contributed by atoms with Gasteiger partial charge in [-0.1, -0.05) is 0 Å². The average Bonchev–Trinajstić information content (AvgIpc) is 2.48. The van der Waals surface area contributed by atoms with Gasteiger partial charge in [-0.25, -0.2) is 22.9 Å². The van der Waals surface area contributed by atoms with Crippen LogP contribution in [0, 0.1) is 17.5 Å². The molecule has 2 aromatic rings. The summed E-state index contributed by atoms with van der Waals surface area (Å²) in [5.41, 5.74) is -1.24. The second kappa shape index (κ2) is 6.57. The van der Waals surface area contributed by atoms with E-state index in [4.69, 9.17) is 4.74 Å². The zero-order chi connectivity index (χ0) is 16.3. The summed E-state index contributed by atoms with van der Waals surface area (Å²) in [6.45, 7) is 0.00618. The van der Waals surface area contributed by atoms with Crippen molar-refractivity contribution in [1.82, 2.24) is 4.98 Å². The third-order valence-electron chi connectivity index (χ3n) is 2.89. The molecule has 0 radical (unpaired) electrons. The lowest BCUT2D eigenvalue weighted by Crippen LogP contribution is -2.07. The number of methoxy groups -OCH3 is 2. The monoisotopic (exact) mass is 311 g/mol. The molecule has 116 valence electrons. The minimum atomic E-state index is -1.000. The lowest BCUT2D eigenvalue weighted by Gasteiger charge is -2.09. The number of hydrogen-bond acceptors (Lipinski definition) is 4. The molecule has 0 aliphatic carbocycles. The van der Waals surface area contributed by atoms with Crippen LogP contribution in [0.3, 0.4) is 0 Å². The Hall–Kier alpha value is -2.41. The van der Waals surface area contributed by atoms with Gasteiger partial charge in [-0.2, -0.15) is 0 Å². The number of esters is 1. The van der Waals surface area contributed by atoms with Gasteiger partial charge in [0.1, 0.15) is 28.8 Å². The van der Waals surface area contributed by atoms with E-state index in [-0.39, 0.29) is 17.9 Å². The van der Waals surface area contributed by atoms with Crippen LogP contribution in [-0.4, -0.2) is 25.2 Å². The van der Waals surface area contributed by atoms with Crippen LogP contribution in [0.4, 0.5) is 13.2 Å². The first-order valence-corrected chi connectivity index (χ1v) is 6.20. The number of halogens is 3. The summed E-state index contributed by atoms with van der Waals surface area (Å²) >= 11 is 0. The predicted molar refractivity (Wildman–Crippen MR) is 71.6 cm³/mol. The second-order valence-electron chi connectivity index (χ2n) is 4.39. The molecular formula is C15H12F3NO3. The van der Waals surface area contributed by atoms with Gasteiger partial charge in [-0.3, -0.25) is 0 Å². The van der Waals surface area contributed by atoms with Crippen molar-refractivity contribution < 1.29 is 27.4 Å². The van der Waals surface area contributed by atoms with E-state index in [0.717, 1.165) is 31.4 Å². The van der Waals surface area contributed by atoms with Crippen molar-refractivity contribution in [2.45, 2.75) is 6.61 Å². The third-order valence-corrected chi connectivity index (χ3v) is 2.89. The van der Waals surface area contributed by atoms with Gasteiger partial charge in [-0.15, -0.1) is 0 Å². The topological polar surface area (TPSA) is 48.4 Å². The summed E-state index contributed by atoms with van der Waals surface area (Å²) in [6, 6.07) is 4.01. The van der Waals surface area contributed by atoms with Gasteiger partial charge >= 0.3 is 5.97 Å². The number of rotatable bonds is 4. The molecule has 0 fully saturated rings. The molecule has 1 heterocycles. The highest BCUT2D eigenvalue weighted by Crippen LogP contribution is 2.28. The normalized spacial score (nSPS) is 10.6. The van der Waals surface area contributed by atoms with Crippen LogP contribution in [0.1, 0.15) is 16.1 Å². The molecule has 0 atom stereocenters. The van der Waals surface area contributed by atoms with Crippen LogP contribution in [0.2, 0.25) is 0 Å². The van der Waals surface area contributed by atoms with Gasteiger partial charge in [0.2, 0.25) is 0 Å². The van der Waals surface area contributed by atoms with Crippen molar-refractivity contribution >= 4 is 5.97 Å². The maximum absolute atomic E-state index is 14.1. The van der Waals surface area contributed by atoms with E-state index in [1.54, 1.807) is 0 Å². The Kier molecular flexibility index (Phi) is 4.77. The Balaban J connectivity index is 2.58. The number of carbonyl (C=O) groups is 1. The molecule has 0 unspecified atom stereocenters. The molecule has 1 aromatic carbocycles. The maximum atomic E-state index is 14.1. The Morgan fingerprint density at radius 2 is 1.73 bits per heavy atom. The lowest BCUT2D eigenvalue weighted by molar-refractivity contribution is 0.0594. The Labute approximate surface area is 124 Å². The second-order valence-corrected chi connectivity index (χ2v) is 4.39. The summed E-state index contributed by atoms with van der Waals surface area (Å²) in [5.74, 6) is -3.79. The van der Waals surface area contributed by atoms with Crippen molar-refractivity contribution in [3.05, 3.63) is 53.0 Å². The fraction of sp³-hybridized carbons (Fsp3) is 0.200. The van der Waals surface area contributed by atoms with Gasteiger partial charge in [0, 0.05) is 7.11 Å². The molecule has 0 bridgehead atoms. The molecule has 0 amide bonds. The third kappa shape index (κ3) is 3.09. The molecule has 22 heavy (non-hydrogen) atoms. The van der Waals surface area contributed by atoms with E-state index in [9.17, 15) is 18.0 Å². The number of carbonyl (C=O) groups excluding carboxylic acids is 1. The smallest absolute Gasteiger partial charge is 0.356 e. The highest BCUT2D eigenvalue weighted by atomic mass is 19.1. The van der Waals surface area contributed by atoms with Crippen molar-refractivity contribution in [2.24, 2.45) is 0 Å². The molecule has 1 aromatic heterocycles. The zero-order valence-corrected chi connectivity index (χ0v) is 11.8. The summed E-state index contributed by atoms with van der Waals surface area (Å²) in [5, 5.41) is 0. The molecular weight excluding hydrogens is 299 g/mol. The fourth-order valence-electron chi connectivity index (χ4n) is 1.94. The fourth-order valence-corrected chi connectivity index (χ4v) is 1.94. The van der Waals surface area contributed by atoms with Gasteiger partial charge in [-0.05, 0) is 29.8 Å². The number of pyridine rings is 1. The lowest BCUT2D eigenvalue weighted by atomic mass is 10.1. The quantitative estimate of drug-likeness (QED) is 0.814. The molecule has 2 rings (SSSR count). The van der Waals surface area contributed by atoms with E-state index in [2.05, 4.69) is 9.72 Å². The molecule has 0 saturated heterocycles. The molecule has 0 saturated carbocycles. The summed E-state index contributed by atoms with van der Waals surface area (Å²) in [7, 11) is 2.50. The number of benzene rings is 1. The first-order valence-electron chi connectivity index (χ1n) is 6.20. The number of aromatic nitrogens is 1. The van der Waals surface area contributed by atoms with E-state index >= 15 is 0 Å². The van der Waals surface area contributed by atoms with E-state index in [1.165, 1.54) is 7.11 Å². The van der Waals surface area contributed by atoms with Gasteiger partial charge < -0.3 is 9.47 Å². The molecule has 4 nitrogen and oxygen atoms in total. The number of ether oxygens (including phenoxy) is 2. The van der Waals surface area contributed by atoms with Gasteiger partial charge in [0.25, 0.3) is 0 Å². The van der Waals surface area contributed by atoms with Crippen LogP contribution in [0.5, 0.6) is 0 Å². The first-order chi connectivity index (χ1) is 10.5. The van der Waals surface area contributed by atoms with Crippen molar-refractivity contribution in [1.29, 1.82) is 0 Å². The summed E-state index contributed by atoms with van der Waals surface area (Å²) < 4.78 is 51.3. The number of nitrogens with zero attached hydrogens (tertiary/aromatic N) is 1. The molecule has 0 spiro atoms. The average molecular weight is 311 g/mol. The maximum Gasteiger partial charge on any atom is 0.356 e. The molecule has 0 aliphatic rings. The van der Waals surface area contributed by atoms with Crippen LogP contribution >= 0.6 is 0 Å². The van der Waals surface area contributed by atoms with Crippen molar-refractivity contribution in [3.63, 3.8) is 0 Å². The summed E-state index contributed by atoms with van der Waals surface area (Å²) in [4.78, 5) is 15.1. The minimum Gasteiger partial charge on any atom is -0.464 e. The van der Waals surface area contributed by atoms with E-state index < -0.39 is 34.7 Å². The van der Waals surface area contributed by atoms with Crippen LogP contribution in [-0.2, 0) is 16.1 Å². The van der Waals surface area contributed by atoms with Crippen LogP contribution in [0.15, 0.2) is 24.3 Å². The van der Waals surface area contributed by atoms with Crippen molar-refractivity contribution in [3.8, 4) is 11.3 Å². The Morgan fingerprint density at radius 3 is 2.27 bits per heavy atom. The van der Waals surface area contributed by atoms with E-state index in [1.807, 2.05) is 0 Å². The standard InChI is InChI=1S/C15H12F3NO3/c1-21-7-8-5-10(17)13(11(18)6-8)14-9(16)3-4-12(19-14)15(20)22-2/h3-6H,7H2,1-2H3.